The number of phenolic OH excluding ortho intramolecular Hbond substituents is 1. The molecule has 0 saturated carbocycles. The Labute approximate surface area is 172 Å². The third-order valence-corrected chi connectivity index (χ3v) is 4.39. The van der Waals surface area contributed by atoms with E-state index in [1.54, 1.807) is 50.8 Å². The zero-order chi connectivity index (χ0) is 21.0. The molecule has 3 aromatic rings. The van der Waals surface area contributed by atoms with E-state index in [9.17, 15) is 5.11 Å². The number of aromatic amines is 1. The van der Waals surface area contributed by atoms with Crippen molar-refractivity contribution in [3.63, 3.8) is 0 Å². The summed E-state index contributed by atoms with van der Waals surface area (Å²) < 4.78 is 22.8. The first-order valence-corrected chi connectivity index (χ1v) is 8.82. The molecule has 2 aromatic carbocycles. The van der Waals surface area contributed by atoms with Gasteiger partial charge in [-0.15, -0.1) is 0 Å². The standard InChI is InChI=1S/C19H20N4O5S/c1-25-12-5-6-13(14(9-12)26-2)18-21-22-19(29)23(18)20-10-11-7-15(27-3)17(24)16(8-11)28-4/h5-10,24H,1-4H3,(H,22,29)/b20-10+. The highest BCUT2D eigenvalue weighted by molar-refractivity contribution is 7.71. The molecule has 10 heteroatoms. The Morgan fingerprint density at radius 3 is 2.24 bits per heavy atom. The van der Waals surface area contributed by atoms with Crippen LogP contribution in [0.2, 0.25) is 0 Å². The summed E-state index contributed by atoms with van der Waals surface area (Å²) in [5.74, 6) is 2.11. The van der Waals surface area contributed by atoms with Crippen LogP contribution in [-0.2, 0) is 0 Å². The maximum atomic E-state index is 10.0. The maximum absolute atomic E-state index is 10.0. The number of ether oxygens (including phenoxy) is 4. The lowest BCUT2D eigenvalue weighted by atomic mass is 10.2. The van der Waals surface area contributed by atoms with Gasteiger partial charge in [-0.1, -0.05) is 0 Å². The van der Waals surface area contributed by atoms with Gasteiger partial charge in [0.2, 0.25) is 10.5 Å². The van der Waals surface area contributed by atoms with Crippen molar-refractivity contribution in [2.45, 2.75) is 0 Å². The van der Waals surface area contributed by atoms with Crippen LogP contribution in [0.5, 0.6) is 28.7 Å². The fourth-order valence-corrected chi connectivity index (χ4v) is 2.85. The number of H-pyrrole nitrogens is 1. The number of benzene rings is 2. The predicted molar refractivity (Wildman–Crippen MR) is 110 cm³/mol. The normalized spacial score (nSPS) is 10.9. The van der Waals surface area contributed by atoms with Crippen LogP contribution >= 0.6 is 12.2 Å². The topological polar surface area (TPSA) is 103 Å². The average Bonchev–Trinajstić information content (AvgIpc) is 3.12. The minimum atomic E-state index is -0.0873. The summed E-state index contributed by atoms with van der Waals surface area (Å²) in [7, 11) is 6.04. The lowest BCUT2D eigenvalue weighted by molar-refractivity contribution is 0.340. The van der Waals surface area contributed by atoms with E-state index in [4.69, 9.17) is 31.2 Å². The molecule has 0 bridgehead atoms. The van der Waals surface area contributed by atoms with E-state index in [0.717, 1.165) is 0 Å². The largest absolute Gasteiger partial charge is 0.502 e. The molecule has 3 rings (SSSR count). The van der Waals surface area contributed by atoms with Gasteiger partial charge in [-0.2, -0.15) is 14.9 Å². The van der Waals surface area contributed by atoms with Gasteiger partial charge in [0.25, 0.3) is 0 Å². The summed E-state index contributed by atoms with van der Waals surface area (Å²) in [6.45, 7) is 0. The molecule has 0 saturated heterocycles. The summed E-state index contributed by atoms with van der Waals surface area (Å²) in [4.78, 5) is 0. The number of methoxy groups -OCH3 is 4. The van der Waals surface area contributed by atoms with Gasteiger partial charge in [0.1, 0.15) is 11.5 Å². The summed E-state index contributed by atoms with van der Waals surface area (Å²) >= 11 is 5.31. The molecule has 9 nitrogen and oxygen atoms in total. The Morgan fingerprint density at radius 1 is 1.00 bits per heavy atom. The SMILES string of the molecule is COc1ccc(-c2n[nH]c(=S)n2/N=C/c2cc(OC)c(O)c(OC)c2)c(OC)c1. The van der Waals surface area contributed by atoms with Gasteiger partial charge < -0.3 is 24.1 Å². The number of hydrogen-bond acceptors (Lipinski definition) is 8. The number of nitrogens with one attached hydrogen (secondary N) is 1. The predicted octanol–water partition coefficient (Wildman–Crippen LogP) is 3.23. The first kappa shape index (κ1) is 20.2. The van der Waals surface area contributed by atoms with Gasteiger partial charge in [-0.25, -0.2) is 5.10 Å². The highest BCUT2D eigenvalue weighted by Crippen LogP contribution is 2.37. The van der Waals surface area contributed by atoms with E-state index in [-0.39, 0.29) is 17.2 Å². The van der Waals surface area contributed by atoms with Gasteiger partial charge in [0, 0.05) is 11.6 Å². The van der Waals surface area contributed by atoms with Crippen LogP contribution in [0.15, 0.2) is 35.4 Å². The Balaban J connectivity index is 2.05. The quantitative estimate of drug-likeness (QED) is 0.450. The smallest absolute Gasteiger partial charge is 0.216 e. The van der Waals surface area contributed by atoms with Crippen molar-refractivity contribution < 1.29 is 24.1 Å². The summed E-state index contributed by atoms with van der Waals surface area (Å²) in [6.07, 6.45) is 1.55. The van der Waals surface area contributed by atoms with Crippen LogP contribution in [0.4, 0.5) is 0 Å². The van der Waals surface area contributed by atoms with E-state index in [1.807, 2.05) is 0 Å². The molecule has 0 aliphatic rings. The summed E-state index contributed by atoms with van der Waals surface area (Å²) in [5, 5.41) is 21.5. The maximum Gasteiger partial charge on any atom is 0.216 e. The third-order valence-electron chi connectivity index (χ3n) is 4.12. The first-order chi connectivity index (χ1) is 14.0. The zero-order valence-corrected chi connectivity index (χ0v) is 17.1. The van der Waals surface area contributed by atoms with E-state index in [0.29, 0.717) is 33.2 Å². The fourth-order valence-electron chi connectivity index (χ4n) is 2.67. The second kappa shape index (κ2) is 8.65. The third kappa shape index (κ3) is 4.02. The van der Waals surface area contributed by atoms with Gasteiger partial charge in [-0.05, 0) is 36.5 Å². The minimum Gasteiger partial charge on any atom is -0.502 e. The van der Waals surface area contributed by atoms with Crippen LogP contribution in [-0.4, -0.2) is 54.6 Å². The molecule has 0 fully saturated rings. The van der Waals surface area contributed by atoms with Crippen molar-refractivity contribution in [3.8, 4) is 40.1 Å². The Morgan fingerprint density at radius 2 is 1.66 bits per heavy atom. The van der Waals surface area contributed by atoms with Crippen LogP contribution < -0.4 is 18.9 Å². The molecule has 1 heterocycles. The number of rotatable bonds is 7. The molecule has 0 radical (unpaired) electrons. The molecule has 0 aliphatic carbocycles. The Hall–Kier alpha value is -3.53. The molecule has 0 amide bonds. The number of nitrogens with zero attached hydrogens (tertiary/aromatic N) is 3. The number of hydrogen-bond donors (Lipinski definition) is 2. The Kier molecular flexibility index (Phi) is 6.03. The molecule has 29 heavy (non-hydrogen) atoms. The molecule has 0 spiro atoms. The van der Waals surface area contributed by atoms with Gasteiger partial charge in [0.15, 0.2) is 17.3 Å². The second-order valence-electron chi connectivity index (χ2n) is 5.75. The molecule has 152 valence electrons. The van der Waals surface area contributed by atoms with Crippen LogP contribution in [0, 0.1) is 4.77 Å². The van der Waals surface area contributed by atoms with Crippen molar-refractivity contribution in [2.24, 2.45) is 5.10 Å². The average molecular weight is 416 g/mol. The van der Waals surface area contributed by atoms with Crippen LogP contribution in [0.3, 0.4) is 0 Å². The van der Waals surface area contributed by atoms with Gasteiger partial charge >= 0.3 is 0 Å². The highest BCUT2D eigenvalue weighted by Gasteiger charge is 2.15. The van der Waals surface area contributed by atoms with Crippen molar-refractivity contribution in [3.05, 3.63) is 40.7 Å². The molecular formula is C19H20N4O5S. The lowest BCUT2D eigenvalue weighted by Gasteiger charge is -2.10. The number of aromatic nitrogens is 3. The monoisotopic (exact) mass is 416 g/mol. The molecule has 2 N–H and O–H groups in total. The number of phenols is 1. The van der Waals surface area contributed by atoms with E-state index in [2.05, 4.69) is 15.3 Å². The molecule has 0 unspecified atom stereocenters. The Bertz CT molecular complexity index is 1080. The van der Waals surface area contributed by atoms with Crippen molar-refractivity contribution in [1.82, 2.24) is 14.9 Å². The highest BCUT2D eigenvalue weighted by atomic mass is 32.1. The van der Waals surface area contributed by atoms with Crippen molar-refractivity contribution in [1.29, 1.82) is 0 Å². The second-order valence-corrected chi connectivity index (χ2v) is 6.14. The van der Waals surface area contributed by atoms with Crippen molar-refractivity contribution >= 4 is 18.4 Å². The lowest BCUT2D eigenvalue weighted by Crippen LogP contribution is -1.98. The first-order valence-electron chi connectivity index (χ1n) is 8.41. The molecular weight excluding hydrogens is 396 g/mol. The van der Waals surface area contributed by atoms with Crippen LogP contribution in [0.25, 0.3) is 11.4 Å². The van der Waals surface area contributed by atoms with Gasteiger partial charge in [0.05, 0.1) is 40.2 Å². The van der Waals surface area contributed by atoms with Crippen molar-refractivity contribution in [2.75, 3.05) is 28.4 Å². The molecule has 1 aromatic heterocycles. The number of aromatic hydroxyl groups is 1. The van der Waals surface area contributed by atoms with E-state index < -0.39 is 0 Å². The zero-order valence-electron chi connectivity index (χ0n) is 16.3. The molecule has 0 aliphatic heterocycles. The van der Waals surface area contributed by atoms with E-state index in [1.165, 1.54) is 18.9 Å². The minimum absolute atomic E-state index is 0.0873. The summed E-state index contributed by atoms with van der Waals surface area (Å²) in [5.41, 5.74) is 1.31. The van der Waals surface area contributed by atoms with Crippen LogP contribution in [0.1, 0.15) is 5.56 Å². The fraction of sp³-hybridized carbons (Fsp3) is 0.211. The molecule has 0 atom stereocenters. The van der Waals surface area contributed by atoms with E-state index >= 15 is 0 Å². The van der Waals surface area contributed by atoms with Gasteiger partial charge in [-0.3, -0.25) is 0 Å². The summed E-state index contributed by atoms with van der Waals surface area (Å²) in [6, 6.07) is 8.59.